The second kappa shape index (κ2) is 18.4. The van der Waals surface area contributed by atoms with Crippen molar-refractivity contribution in [3.8, 4) is 0 Å². The van der Waals surface area contributed by atoms with Gasteiger partial charge in [0, 0.05) is 36.5 Å². The molecule has 1 nitrogen and oxygen atoms in total. The molecule has 23 valence electrons. The van der Waals surface area contributed by atoms with E-state index in [0.717, 1.165) is 0 Å². The van der Waals surface area contributed by atoms with Crippen molar-refractivity contribution in [2.45, 2.75) is 0 Å². The maximum Gasteiger partial charge on any atom is 0 e. The van der Waals surface area contributed by atoms with Crippen LogP contribution in [0.1, 0.15) is 0 Å². The third-order valence-corrected chi connectivity index (χ3v) is 0. The zero-order valence-electron chi connectivity index (χ0n) is 1.92. The molecule has 0 bridgehead atoms. The summed E-state index contributed by atoms with van der Waals surface area (Å²) in [5, 5.41) is 0. The normalized spacial score (nSPS) is 0.750. The predicted molar refractivity (Wildman–Crippen MR) is 0.686 cm³/mol. The van der Waals surface area contributed by atoms with Crippen molar-refractivity contribution in [1.29, 1.82) is 0 Å². The summed E-state index contributed by atoms with van der Waals surface area (Å²) in [6, 6.07) is 0. The minimum Gasteiger partial charge on any atom is 0 e. The van der Waals surface area contributed by atoms with E-state index in [4.69, 9.17) is 0.938 Å². The summed E-state index contributed by atoms with van der Waals surface area (Å²) in [6.45, 7) is 0. The molecular formula is CeCuOZn. The summed E-state index contributed by atoms with van der Waals surface area (Å²) >= 11 is 0.0556. The Morgan fingerprint density at radius 3 is 1.25 bits per heavy atom. The van der Waals surface area contributed by atoms with Crippen LogP contribution in [0.15, 0.2) is 0 Å². The fourth-order valence-corrected chi connectivity index (χ4v) is 0. The minimum atomic E-state index is 0. The Bertz CT molecular complexity index is 8.00. The molecule has 0 aromatic heterocycles. The maximum absolute atomic E-state index is 8.39. The van der Waals surface area contributed by atoms with Crippen LogP contribution in [0.2, 0.25) is 0 Å². The van der Waals surface area contributed by atoms with Gasteiger partial charge in [-0.05, 0) is 0 Å². The third kappa shape index (κ3) is 8.85. The van der Waals surface area contributed by atoms with Crippen LogP contribution in [0.5, 0.6) is 0 Å². The number of rotatable bonds is 0. The average Bonchev–Trinajstić information content (AvgIpc) is 1.00. The maximum atomic E-state index is 8.39. The molecule has 0 atom stereocenters. The molecule has 0 aliphatic heterocycles. The molecule has 0 saturated carbocycles. The molecule has 0 aromatic rings. The SMILES string of the molecule is [Cu].[O]=[Ce].[Zn]. The van der Waals surface area contributed by atoms with Gasteiger partial charge in [0.05, 0.1) is 0 Å². The monoisotopic (exact) mass is 283 g/mol. The summed E-state index contributed by atoms with van der Waals surface area (Å²) in [5.41, 5.74) is 0. The van der Waals surface area contributed by atoms with Crippen molar-refractivity contribution in [2.24, 2.45) is 0 Å². The van der Waals surface area contributed by atoms with E-state index in [9.17, 15) is 0 Å². The Morgan fingerprint density at radius 1 is 1.25 bits per heavy atom. The van der Waals surface area contributed by atoms with Gasteiger partial charge in [0.25, 0.3) is 0 Å². The second-order valence-electron chi connectivity index (χ2n) is 0. The van der Waals surface area contributed by atoms with E-state index in [-0.39, 0.29) is 76.3 Å². The van der Waals surface area contributed by atoms with E-state index in [0.29, 0.717) is 0 Å². The fraction of sp³-hybridized carbons (Fsp3) is 0. The first-order valence-corrected chi connectivity index (χ1v) is 1.49. The molecule has 0 rings (SSSR count). The Balaban J connectivity index is -0.00000000500. The number of hydrogen-bond donors (Lipinski definition) is 0. The van der Waals surface area contributed by atoms with E-state index in [2.05, 4.69) is 0 Å². The van der Waals surface area contributed by atoms with E-state index < -0.39 is 0 Å². The summed E-state index contributed by atoms with van der Waals surface area (Å²) < 4.78 is 8.39. The smallest absolute Gasteiger partial charge is 0 e. The Hall–Kier alpha value is 2.32. The van der Waals surface area contributed by atoms with Gasteiger partial charge < -0.3 is 0 Å². The van der Waals surface area contributed by atoms with Crippen LogP contribution in [0, 0.1) is 39.8 Å². The van der Waals surface area contributed by atoms with Crippen LogP contribution >= 0.6 is 0 Å². The molecule has 0 amide bonds. The third-order valence-electron chi connectivity index (χ3n) is 0. The van der Waals surface area contributed by atoms with Crippen molar-refractivity contribution < 1.29 is 77.3 Å². The van der Waals surface area contributed by atoms with Crippen LogP contribution in [0.4, 0.5) is 0 Å². The molecule has 0 N–H and O–H groups in total. The molecule has 0 heterocycles. The summed E-state index contributed by atoms with van der Waals surface area (Å²) in [5.74, 6) is 0. The van der Waals surface area contributed by atoms with Crippen LogP contribution in [0.25, 0.3) is 0 Å². The van der Waals surface area contributed by atoms with Gasteiger partial charge in [-0.15, -0.1) is 0 Å². The Labute approximate surface area is 75.7 Å². The predicted octanol–water partition coefficient (Wildman–Crippen LogP) is -0.124. The van der Waals surface area contributed by atoms with Gasteiger partial charge in [0.2, 0.25) is 0 Å². The first kappa shape index (κ1) is 16.2. The van der Waals surface area contributed by atoms with Crippen molar-refractivity contribution in [3.05, 3.63) is 0 Å². The largest absolute Gasteiger partial charge is 0 e. The fourth-order valence-electron chi connectivity index (χ4n) is 0. The molecule has 0 spiro atoms. The second-order valence-corrected chi connectivity index (χ2v) is 0. The van der Waals surface area contributed by atoms with Crippen LogP contribution in [0.3, 0.4) is 0 Å². The first-order chi connectivity index (χ1) is 1.00. The van der Waals surface area contributed by atoms with Crippen molar-refractivity contribution in [3.63, 3.8) is 0 Å². The number of hydrogen-bond acceptors (Lipinski definition) is 1. The van der Waals surface area contributed by atoms with Gasteiger partial charge in [0.15, 0.2) is 0 Å². The first-order valence-electron chi connectivity index (χ1n) is 0.204. The Morgan fingerprint density at radius 2 is 1.25 bits per heavy atom. The van der Waals surface area contributed by atoms with Gasteiger partial charge in [-0.25, -0.2) is 0 Å². The van der Waals surface area contributed by atoms with Gasteiger partial charge in [-0.3, -0.25) is 0 Å². The van der Waals surface area contributed by atoms with Crippen molar-refractivity contribution in [1.82, 2.24) is 0 Å². The van der Waals surface area contributed by atoms with Gasteiger partial charge in [-0.2, -0.15) is 0 Å². The molecule has 0 aliphatic carbocycles. The molecule has 4 heteroatoms. The minimum absolute atomic E-state index is 0. The van der Waals surface area contributed by atoms with Crippen molar-refractivity contribution >= 4 is 0 Å². The van der Waals surface area contributed by atoms with E-state index in [1.165, 1.54) is 0 Å². The molecule has 0 unspecified atom stereocenters. The summed E-state index contributed by atoms with van der Waals surface area (Å²) in [4.78, 5) is 0. The standard InChI is InChI=1S/Ce.Cu.O.Zn. The quantitative estimate of drug-likeness (QED) is 0.567. The van der Waals surface area contributed by atoms with E-state index in [1.54, 1.807) is 0 Å². The molecule has 4 heavy (non-hydrogen) atoms. The van der Waals surface area contributed by atoms with E-state index >= 15 is 0 Å². The van der Waals surface area contributed by atoms with Crippen LogP contribution < -0.4 is 0 Å². The molecule has 0 saturated heterocycles. The molecule has 0 aromatic carbocycles. The zero-order valence-corrected chi connectivity index (χ0v) is 8.97. The Kier molecular flexibility index (Phi) is 74.8. The van der Waals surface area contributed by atoms with Crippen LogP contribution in [-0.4, -0.2) is 0 Å². The molecule has 0 aliphatic rings. The summed E-state index contributed by atoms with van der Waals surface area (Å²) in [6.07, 6.45) is 0. The summed E-state index contributed by atoms with van der Waals surface area (Å²) in [7, 11) is 0. The van der Waals surface area contributed by atoms with Gasteiger partial charge in [0.1, 0.15) is 0 Å². The molecule has 1 radical (unpaired) electrons. The average molecular weight is 285 g/mol. The topological polar surface area (TPSA) is 17.1 Å². The van der Waals surface area contributed by atoms with Crippen LogP contribution in [-0.2, 0) is 37.5 Å². The van der Waals surface area contributed by atoms with Gasteiger partial charge in [-0.1, -0.05) is 0 Å². The van der Waals surface area contributed by atoms with E-state index in [1.807, 2.05) is 0 Å². The van der Waals surface area contributed by atoms with Gasteiger partial charge >= 0.3 is 40.7 Å². The molecule has 0 fully saturated rings. The molecular weight excluding hydrogens is 285 g/mol. The van der Waals surface area contributed by atoms with Crippen molar-refractivity contribution in [2.75, 3.05) is 0 Å². The zero-order chi connectivity index (χ0) is 2.00.